The number of aliphatic hydroxyl groups excluding tert-OH is 1. The monoisotopic (exact) mass is 568 g/mol. The molecule has 33 heavy (non-hydrogen) atoms. The van der Waals surface area contributed by atoms with E-state index in [0.29, 0.717) is 37.1 Å². The minimum Gasteiger partial charge on any atom is -0.493 e. The van der Waals surface area contributed by atoms with Crippen LogP contribution >= 0.6 is 24.0 Å². The predicted octanol–water partition coefficient (Wildman–Crippen LogP) is 3.79. The lowest BCUT2D eigenvalue weighted by molar-refractivity contribution is 0.203. The molecule has 0 aromatic heterocycles. The van der Waals surface area contributed by atoms with Crippen LogP contribution in [0.1, 0.15) is 30.9 Å². The lowest BCUT2D eigenvalue weighted by atomic mass is 9.97. The second-order valence-corrected chi connectivity index (χ2v) is 8.02. The summed E-state index contributed by atoms with van der Waals surface area (Å²) in [6.07, 6.45) is 2.12. The molecule has 1 aliphatic rings. The molecule has 1 fully saturated rings. The molecule has 0 amide bonds. The number of nitrogens with zero attached hydrogens (tertiary/aromatic N) is 2. The Morgan fingerprint density at radius 1 is 1.00 bits per heavy atom. The maximum Gasteiger partial charge on any atom is 0.191 e. The highest BCUT2D eigenvalue weighted by molar-refractivity contribution is 14.0. The number of aliphatic hydroxyl groups is 1. The molecule has 7 nitrogen and oxygen atoms in total. The number of ether oxygens (including phenoxy) is 2. The summed E-state index contributed by atoms with van der Waals surface area (Å²) in [5.74, 6) is 2.65. The summed E-state index contributed by atoms with van der Waals surface area (Å²) >= 11 is 0. The van der Waals surface area contributed by atoms with Crippen LogP contribution in [0.25, 0.3) is 0 Å². The average Bonchev–Trinajstić information content (AvgIpc) is 2.86. The van der Waals surface area contributed by atoms with E-state index in [0.717, 1.165) is 44.0 Å². The zero-order chi connectivity index (χ0) is 22.8. The number of hydrogen-bond donors (Lipinski definition) is 3. The number of benzene rings is 2. The molecule has 0 saturated carbocycles. The molecule has 1 heterocycles. The maximum atomic E-state index is 9.32. The molecule has 0 atom stereocenters. The van der Waals surface area contributed by atoms with E-state index in [4.69, 9.17) is 14.5 Å². The van der Waals surface area contributed by atoms with Crippen LogP contribution in [0.4, 0.5) is 5.69 Å². The Balaban J connectivity index is 0.00000385. The third-order valence-corrected chi connectivity index (χ3v) is 5.85. The fourth-order valence-electron chi connectivity index (χ4n) is 3.88. The molecule has 1 saturated heterocycles. The van der Waals surface area contributed by atoms with E-state index in [1.165, 1.54) is 11.3 Å². The van der Waals surface area contributed by atoms with Crippen molar-refractivity contribution >= 4 is 35.6 Å². The van der Waals surface area contributed by atoms with Gasteiger partial charge in [0, 0.05) is 38.5 Å². The Hall–Kier alpha value is -2.20. The Morgan fingerprint density at radius 3 is 2.27 bits per heavy atom. The Bertz CT molecular complexity index is 868. The summed E-state index contributed by atoms with van der Waals surface area (Å²) in [5.41, 5.74) is 3.50. The number of nitrogens with one attached hydrogen (secondary N) is 2. The van der Waals surface area contributed by atoms with Gasteiger partial charge in [-0.2, -0.15) is 0 Å². The first kappa shape index (κ1) is 27.0. The van der Waals surface area contributed by atoms with Gasteiger partial charge in [0.25, 0.3) is 0 Å². The number of piperidine rings is 1. The fraction of sp³-hybridized carbons (Fsp3) is 0.480. The Labute approximate surface area is 214 Å². The molecule has 0 spiro atoms. The van der Waals surface area contributed by atoms with E-state index in [9.17, 15) is 5.11 Å². The molecule has 2 aromatic rings. The molecule has 3 N–H and O–H groups in total. The minimum atomic E-state index is 0. The molecular formula is C25H37IN4O3. The molecule has 2 aromatic carbocycles. The number of guanidine groups is 1. The van der Waals surface area contributed by atoms with Gasteiger partial charge in [-0.05, 0) is 61.1 Å². The quantitative estimate of drug-likeness (QED) is 0.243. The van der Waals surface area contributed by atoms with Crippen LogP contribution in [-0.2, 0) is 13.1 Å². The average molecular weight is 569 g/mol. The van der Waals surface area contributed by atoms with Crippen LogP contribution in [-0.4, -0.2) is 51.5 Å². The van der Waals surface area contributed by atoms with Crippen LogP contribution in [0.3, 0.4) is 0 Å². The van der Waals surface area contributed by atoms with Gasteiger partial charge >= 0.3 is 0 Å². The SMILES string of the molecule is CCNC(=NCc1ccc(OC)c(OC)c1)NCc1ccc(N2CCC(CO)CC2)cc1.I. The summed E-state index contributed by atoms with van der Waals surface area (Å²) in [5, 5.41) is 16.0. The second-order valence-electron chi connectivity index (χ2n) is 8.02. The Kier molecular flexibility index (Phi) is 11.6. The minimum absolute atomic E-state index is 0. The highest BCUT2D eigenvalue weighted by atomic mass is 127. The van der Waals surface area contributed by atoms with Gasteiger partial charge in [-0.25, -0.2) is 4.99 Å². The highest BCUT2D eigenvalue weighted by Crippen LogP contribution is 2.27. The van der Waals surface area contributed by atoms with Crippen molar-refractivity contribution < 1.29 is 14.6 Å². The number of aliphatic imine (C=N–C) groups is 1. The van der Waals surface area contributed by atoms with E-state index in [1.54, 1.807) is 14.2 Å². The lowest BCUT2D eigenvalue weighted by Gasteiger charge is -2.33. The molecule has 0 bridgehead atoms. The maximum absolute atomic E-state index is 9.32. The van der Waals surface area contributed by atoms with Gasteiger partial charge in [0.15, 0.2) is 17.5 Å². The first-order chi connectivity index (χ1) is 15.7. The standard InChI is InChI=1S/C25H36N4O3.HI/c1-4-26-25(28-17-21-7-10-23(31-2)24(15-21)32-3)27-16-19-5-8-22(9-6-19)29-13-11-20(18-30)12-14-29;/h5-10,15,20,30H,4,11-14,16-18H2,1-3H3,(H2,26,27,28);1H. The smallest absolute Gasteiger partial charge is 0.191 e. The summed E-state index contributed by atoms with van der Waals surface area (Å²) in [6, 6.07) is 14.5. The first-order valence-electron chi connectivity index (χ1n) is 11.3. The normalized spacial score (nSPS) is 14.4. The third-order valence-electron chi connectivity index (χ3n) is 5.85. The molecule has 0 unspecified atom stereocenters. The van der Waals surface area contributed by atoms with Crippen molar-refractivity contribution in [1.82, 2.24) is 10.6 Å². The molecule has 3 rings (SSSR count). The van der Waals surface area contributed by atoms with Crippen molar-refractivity contribution in [3.63, 3.8) is 0 Å². The zero-order valence-electron chi connectivity index (χ0n) is 19.8. The predicted molar refractivity (Wildman–Crippen MR) is 145 cm³/mol. The first-order valence-corrected chi connectivity index (χ1v) is 11.3. The van der Waals surface area contributed by atoms with Gasteiger partial charge in [0.1, 0.15) is 0 Å². The summed E-state index contributed by atoms with van der Waals surface area (Å²) in [4.78, 5) is 7.11. The van der Waals surface area contributed by atoms with E-state index in [2.05, 4.69) is 46.7 Å². The van der Waals surface area contributed by atoms with Crippen LogP contribution in [0.5, 0.6) is 11.5 Å². The topological polar surface area (TPSA) is 78.4 Å². The van der Waals surface area contributed by atoms with Crippen molar-refractivity contribution in [2.24, 2.45) is 10.9 Å². The van der Waals surface area contributed by atoms with Gasteiger partial charge in [-0.3, -0.25) is 0 Å². The summed E-state index contributed by atoms with van der Waals surface area (Å²) in [7, 11) is 3.27. The summed E-state index contributed by atoms with van der Waals surface area (Å²) < 4.78 is 10.7. The van der Waals surface area contributed by atoms with E-state index in [-0.39, 0.29) is 24.0 Å². The third kappa shape index (κ3) is 7.96. The van der Waals surface area contributed by atoms with E-state index >= 15 is 0 Å². The largest absolute Gasteiger partial charge is 0.493 e. The highest BCUT2D eigenvalue weighted by Gasteiger charge is 2.18. The van der Waals surface area contributed by atoms with Gasteiger partial charge in [0.05, 0.1) is 20.8 Å². The molecule has 1 aliphatic heterocycles. The molecular weight excluding hydrogens is 531 g/mol. The van der Waals surface area contributed by atoms with Crippen LogP contribution in [0.2, 0.25) is 0 Å². The lowest BCUT2D eigenvalue weighted by Crippen LogP contribution is -2.36. The van der Waals surface area contributed by atoms with Crippen LogP contribution in [0, 0.1) is 5.92 Å². The van der Waals surface area contributed by atoms with E-state index in [1.807, 2.05) is 18.2 Å². The molecule has 0 aliphatic carbocycles. The fourth-order valence-corrected chi connectivity index (χ4v) is 3.88. The van der Waals surface area contributed by atoms with Gasteiger partial charge in [-0.15, -0.1) is 24.0 Å². The Morgan fingerprint density at radius 2 is 1.67 bits per heavy atom. The zero-order valence-corrected chi connectivity index (χ0v) is 22.2. The van der Waals surface area contributed by atoms with Crippen molar-refractivity contribution in [3.8, 4) is 11.5 Å². The number of halogens is 1. The van der Waals surface area contributed by atoms with Crippen LogP contribution in [0.15, 0.2) is 47.5 Å². The van der Waals surface area contributed by atoms with Crippen molar-refractivity contribution in [2.45, 2.75) is 32.9 Å². The molecule has 0 radical (unpaired) electrons. The van der Waals surface area contributed by atoms with Crippen molar-refractivity contribution in [3.05, 3.63) is 53.6 Å². The van der Waals surface area contributed by atoms with Gasteiger partial charge < -0.3 is 30.1 Å². The van der Waals surface area contributed by atoms with Gasteiger partial charge in [0.2, 0.25) is 0 Å². The number of methoxy groups -OCH3 is 2. The molecule has 8 heteroatoms. The van der Waals surface area contributed by atoms with Gasteiger partial charge in [-0.1, -0.05) is 18.2 Å². The number of anilines is 1. The van der Waals surface area contributed by atoms with Crippen molar-refractivity contribution in [1.29, 1.82) is 0 Å². The van der Waals surface area contributed by atoms with E-state index < -0.39 is 0 Å². The van der Waals surface area contributed by atoms with Crippen molar-refractivity contribution in [2.75, 3.05) is 45.4 Å². The number of hydrogen-bond acceptors (Lipinski definition) is 5. The number of rotatable bonds is 9. The second kappa shape index (κ2) is 14.1. The summed E-state index contributed by atoms with van der Waals surface area (Å²) in [6.45, 7) is 6.42. The van der Waals surface area contributed by atoms with Crippen LogP contribution < -0.4 is 25.0 Å². The molecule has 182 valence electrons.